The van der Waals surface area contributed by atoms with E-state index < -0.39 is 22.5 Å². The SMILES string of the molecule is Cn1cnc(S(=O)(=O)NCC(N)=O)c1Cl. The van der Waals surface area contributed by atoms with E-state index >= 15 is 0 Å². The van der Waals surface area contributed by atoms with Crippen molar-refractivity contribution in [1.82, 2.24) is 14.3 Å². The summed E-state index contributed by atoms with van der Waals surface area (Å²) in [5.41, 5.74) is 4.80. The van der Waals surface area contributed by atoms with Crippen molar-refractivity contribution in [2.75, 3.05) is 6.54 Å². The van der Waals surface area contributed by atoms with Crippen molar-refractivity contribution in [3.8, 4) is 0 Å². The zero-order valence-electron chi connectivity index (χ0n) is 7.77. The molecule has 84 valence electrons. The number of carbonyl (C=O) groups is 1. The third-order valence-electron chi connectivity index (χ3n) is 1.53. The summed E-state index contributed by atoms with van der Waals surface area (Å²) >= 11 is 5.67. The molecule has 1 heterocycles. The van der Waals surface area contributed by atoms with Gasteiger partial charge in [0, 0.05) is 7.05 Å². The lowest BCUT2D eigenvalue weighted by atomic mass is 10.7. The normalized spacial score (nSPS) is 11.6. The number of halogens is 1. The smallest absolute Gasteiger partial charge is 0.261 e. The number of sulfonamides is 1. The van der Waals surface area contributed by atoms with Crippen LogP contribution in [0.1, 0.15) is 0 Å². The maximum atomic E-state index is 11.5. The number of amides is 1. The van der Waals surface area contributed by atoms with Crippen LogP contribution in [-0.2, 0) is 21.9 Å². The van der Waals surface area contributed by atoms with Crippen molar-refractivity contribution >= 4 is 27.5 Å². The molecule has 0 fully saturated rings. The molecule has 0 saturated carbocycles. The fraction of sp³-hybridized carbons (Fsp3) is 0.333. The lowest BCUT2D eigenvalue weighted by Gasteiger charge is -2.02. The van der Waals surface area contributed by atoms with Crippen LogP contribution in [0.25, 0.3) is 0 Å². The second kappa shape index (κ2) is 4.17. The van der Waals surface area contributed by atoms with Crippen molar-refractivity contribution in [3.05, 3.63) is 11.5 Å². The number of aromatic nitrogens is 2. The van der Waals surface area contributed by atoms with Crippen LogP contribution in [0.2, 0.25) is 5.15 Å². The highest BCUT2D eigenvalue weighted by Gasteiger charge is 2.22. The molecule has 0 spiro atoms. The van der Waals surface area contributed by atoms with Crippen LogP contribution in [0.3, 0.4) is 0 Å². The molecule has 0 aliphatic heterocycles. The van der Waals surface area contributed by atoms with Crippen LogP contribution in [0.4, 0.5) is 0 Å². The predicted octanol–water partition coefficient (Wildman–Crippen LogP) is -1.16. The van der Waals surface area contributed by atoms with Crippen LogP contribution in [-0.4, -0.2) is 30.4 Å². The molecule has 1 amide bonds. The van der Waals surface area contributed by atoms with Crippen molar-refractivity contribution in [2.24, 2.45) is 12.8 Å². The first-order valence-electron chi connectivity index (χ1n) is 3.79. The van der Waals surface area contributed by atoms with Gasteiger partial charge in [-0.3, -0.25) is 4.79 Å². The maximum absolute atomic E-state index is 11.5. The van der Waals surface area contributed by atoms with Crippen molar-refractivity contribution in [1.29, 1.82) is 0 Å². The Morgan fingerprint density at radius 1 is 1.73 bits per heavy atom. The fourth-order valence-electron chi connectivity index (χ4n) is 0.809. The molecule has 0 aliphatic rings. The van der Waals surface area contributed by atoms with Crippen LogP contribution in [0.15, 0.2) is 11.4 Å². The predicted molar refractivity (Wildman–Crippen MR) is 52.6 cm³/mol. The third kappa shape index (κ3) is 2.67. The van der Waals surface area contributed by atoms with Gasteiger partial charge in [0.25, 0.3) is 10.0 Å². The van der Waals surface area contributed by atoms with Gasteiger partial charge >= 0.3 is 0 Å². The molecular weight excluding hydrogens is 244 g/mol. The summed E-state index contributed by atoms with van der Waals surface area (Å²) in [5.74, 6) is -0.786. The standard InChI is InChI=1S/C6H9ClN4O3S/c1-11-3-9-6(5(11)7)15(13,14)10-2-4(8)12/h3,10H,2H2,1H3,(H2,8,12). The van der Waals surface area contributed by atoms with Gasteiger partial charge in [0.2, 0.25) is 10.9 Å². The Morgan fingerprint density at radius 3 is 2.73 bits per heavy atom. The monoisotopic (exact) mass is 252 g/mol. The molecule has 1 aromatic heterocycles. The molecule has 0 bridgehead atoms. The second-order valence-corrected chi connectivity index (χ2v) is 4.78. The Morgan fingerprint density at radius 2 is 2.33 bits per heavy atom. The van der Waals surface area contributed by atoms with Crippen LogP contribution in [0, 0.1) is 0 Å². The molecule has 0 unspecified atom stereocenters. The number of hydrogen-bond donors (Lipinski definition) is 2. The lowest BCUT2D eigenvalue weighted by molar-refractivity contribution is -0.116. The zero-order chi connectivity index (χ0) is 11.6. The zero-order valence-corrected chi connectivity index (χ0v) is 9.34. The number of aryl methyl sites for hydroxylation is 1. The molecule has 0 aliphatic carbocycles. The topological polar surface area (TPSA) is 107 Å². The molecule has 0 radical (unpaired) electrons. The Labute approximate surface area is 91.3 Å². The number of nitrogens with one attached hydrogen (secondary N) is 1. The van der Waals surface area contributed by atoms with Crippen LogP contribution < -0.4 is 10.5 Å². The van der Waals surface area contributed by atoms with E-state index in [1.807, 2.05) is 4.72 Å². The van der Waals surface area contributed by atoms with Gasteiger partial charge < -0.3 is 10.3 Å². The molecule has 1 rings (SSSR count). The van der Waals surface area contributed by atoms with Crippen LogP contribution in [0.5, 0.6) is 0 Å². The molecule has 15 heavy (non-hydrogen) atoms. The number of hydrogen-bond acceptors (Lipinski definition) is 4. The van der Waals surface area contributed by atoms with Crippen molar-refractivity contribution in [3.63, 3.8) is 0 Å². The van der Waals surface area contributed by atoms with Gasteiger partial charge in [0.05, 0.1) is 12.9 Å². The molecule has 0 atom stereocenters. The summed E-state index contributed by atoms with van der Waals surface area (Å²) in [5, 5.41) is -0.361. The first-order valence-corrected chi connectivity index (χ1v) is 5.65. The molecule has 0 aromatic carbocycles. The molecular formula is C6H9ClN4O3S. The average Bonchev–Trinajstić information content (AvgIpc) is 2.45. The molecule has 1 aromatic rings. The summed E-state index contributed by atoms with van der Waals surface area (Å²) in [4.78, 5) is 14.0. The summed E-state index contributed by atoms with van der Waals surface area (Å²) in [7, 11) is -2.34. The van der Waals surface area contributed by atoms with E-state index in [2.05, 4.69) is 4.98 Å². The fourth-order valence-corrected chi connectivity index (χ4v) is 2.23. The van der Waals surface area contributed by atoms with E-state index in [-0.39, 0.29) is 10.2 Å². The number of carbonyl (C=O) groups excluding carboxylic acids is 1. The molecule has 7 nitrogen and oxygen atoms in total. The first-order chi connectivity index (χ1) is 6.84. The minimum absolute atomic E-state index is 0.0352. The Hall–Kier alpha value is -1.12. The van der Waals surface area contributed by atoms with Gasteiger partial charge in [-0.05, 0) is 0 Å². The van der Waals surface area contributed by atoms with E-state index in [9.17, 15) is 13.2 Å². The van der Waals surface area contributed by atoms with Gasteiger partial charge in [0.1, 0.15) is 5.15 Å². The first kappa shape index (κ1) is 12.0. The van der Waals surface area contributed by atoms with E-state index in [0.717, 1.165) is 0 Å². The maximum Gasteiger partial charge on any atom is 0.261 e. The average molecular weight is 253 g/mol. The highest BCUT2D eigenvalue weighted by atomic mass is 35.5. The van der Waals surface area contributed by atoms with E-state index in [0.29, 0.717) is 0 Å². The van der Waals surface area contributed by atoms with E-state index in [4.69, 9.17) is 17.3 Å². The number of nitrogens with zero attached hydrogens (tertiary/aromatic N) is 2. The number of rotatable bonds is 4. The van der Waals surface area contributed by atoms with E-state index in [1.54, 1.807) is 7.05 Å². The van der Waals surface area contributed by atoms with Gasteiger partial charge in [-0.15, -0.1) is 0 Å². The Kier molecular flexibility index (Phi) is 3.32. The summed E-state index contributed by atoms with van der Waals surface area (Å²) in [6, 6.07) is 0. The third-order valence-corrected chi connectivity index (χ3v) is 3.42. The number of nitrogens with two attached hydrogens (primary N) is 1. The summed E-state index contributed by atoms with van der Waals surface area (Å²) < 4.78 is 26.3. The van der Waals surface area contributed by atoms with Crippen molar-refractivity contribution < 1.29 is 13.2 Å². The van der Waals surface area contributed by atoms with Gasteiger partial charge in [-0.25, -0.2) is 18.1 Å². The summed E-state index contributed by atoms with van der Waals surface area (Å²) in [6.07, 6.45) is 1.25. The van der Waals surface area contributed by atoms with E-state index in [1.165, 1.54) is 10.9 Å². The van der Waals surface area contributed by atoms with Crippen molar-refractivity contribution in [2.45, 2.75) is 5.03 Å². The highest BCUT2D eigenvalue weighted by Crippen LogP contribution is 2.17. The number of imidazole rings is 1. The van der Waals surface area contributed by atoms with Gasteiger partial charge in [0.15, 0.2) is 0 Å². The molecule has 0 saturated heterocycles. The van der Waals surface area contributed by atoms with Crippen LogP contribution >= 0.6 is 11.6 Å². The minimum atomic E-state index is -3.88. The highest BCUT2D eigenvalue weighted by molar-refractivity contribution is 7.89. The second-order valence-electron chi connectivity index (χ2n) is 2.74. The van der Waals surface area contributed by atoms with Gasteiger partial charge in [-0.2, -0.15) is 0 Å². The minimum Gasteiger partial charge on any atom is -0.369 e. The van der Waals surface area contributed by atoms with Gasteiger partial charge in [-0.1, -0.05) is 11.6 Å². The quantitative estimate of drug-likeness (QED) is 0.705. The molecule has 3 N–H and O–H groups in total. The number of primary amides is 1. The Bertz CT molecular complexity index is 481. The summed E-state index contributed by atoms with van der Waals surface area (Å²) in [6.45, 7) is -0.491. The molecule has 9 heteroatoms. The lowest BCUT2D eigenvalue weighted by Crippen LogP contribution is -2.33. The largest absolute Gasteiger partial charge is 0.369 e. The Balaban J connectivity index is 2.97.